The zero-order chi connectivity index (χ0) is 10.8. The third-order valence-corrected chi connectivity index (χ3v) is 2.72. The molecule has 1 aromatic carbocycles. The minimum atomic E-state index is 0.640. The molecule has 2 rings (SSSR count). The number of benzene rings is 1. The van der Waals surface area contributed by atoms with Gasteiger partial charge in [-0.15, -0.1) is 0 Å². The molecule has 2 N–H and O–H groups in total. The number of fused-ring (bicyclic) bond motifs is 1. The zero-order valence-corrected chi connectivity index (χ0v) is 9.16. The summed E-state index contributed by atoms with van der Waals surface area (Å²) in [6.07, 6.45) is 2.91. The number of hydrogen-bond acceptors (Lipinski definition) is 2. The average molecular weight is 204 g/mol. The lowest BCUT2D eigenvalue weighted by Gasteiger charge is -2.10. The van der Waals surface area contributed by atoms with Crippen LogP contribution in [-0.4, -0.2) is 18.2 Å². The first-order valence-electron chi connectivity index (χ1n) is 5.09. The summed E-state index contributed by atoms with van der Waals surface area (Å²) < 4.78 is 7.48. The number of rotatable bonds is 3. The third kappa shape index (κ3) is 1.59. The van der Waals surface area contributed by atoms with Crippen molar-refractivity contribution in [3.8, 4) is 5.75 Å². The zero-order valence-electron chi connectivity index (χ0n) is 9.16. The van der Waals surface area contributed by atoms with E-state index in [1.807, 2.05) is 13.1 Å². The van der Waals surface area contributed by atoms with Crippen LogP contribution in [0, 0.1) is 0 Å². The molecule has 3 heteroatoms. The van der Waals surface area contributed by atoms with Crippen molar-refractivity contribution in [1.82, 2.24) is 4.57 Å². The summed E-state index contributed by atoms with van der Waals surface area (Å²) in [6.45, 7) is 0.640. The molecular weight excluding hydrogens is 188 g/mol. The van der Waals surface area contributed by atoms with E-state index in [9.17, 15) is 0 Å². The number of methoxy groups -OCH3 is 1. The smallest absolute Gasteiger partial charge is 0.124 e. The Hall–Kier alpha value is -1.48. The first-order valence-corrected chi connectivity index (χ1v) is 5.09. The number of hydrogen-bond donors (Lipinski definition) is 1. The number of ether oxygens (including phenoxy) is 1. The summed E-state index contributed by atoms with van der Waals surface area (Å²) in [4.78, 5) is 0. The first kappa shape index (κ1) is 10.1. The van der Waals surface area contributed by atoms with Gasteiger partial charge in [0.25, 0.3) is 0 Å². The van der Waals surface area contributed by atoms with Gasteiger partial charge in [0.2, 0.25) is 0 Å². The summed E-state index contributed by atoms with van der Waals surface area (Å²) >= 11 is 0. The molecular formula is C12H16N2O. The van der Waals surface area contributed by atoms with Gasteiger partial charge in [0, 0.05) is 24.2 Å². The molecule has 2 aromatic rings. The molecule has 0 aliphatic carbocycles. The summed E-state index contributed by atoms with van der Waals surface area (Å²) in [5, 5.41) is 1.24. The molecule has 0 fully saturated rings. The fourth-order valence-corrected chi connectivity index (χ4v) is 2.03. The van der Waals surface area contributed by atoms with Crippen LogP contribution in [-0.2, 0) is 13.5 Å². The van der Waals surface area contributed by atoms with E-state index >= 15 is 0 Å². The number of nitrogens with zero attached hydrogens (tertiary/aromatic N) is 1. The Morgan fingerprint density at radius 2 is 2.13 bits per heavy atom. The first-order chi connectivity index (χ1) is 7.27. The van der Waals surface area contributed by atoms with Crippen molar-refractivity contribution in [3.63, 3.8) is 0 Å². The van der Waals surface area contributed by atoms with Gasteiger partial charge in [0.1, 0.15) is 5.75 Å². The van der Waals surface area contributed by atoms with Gasteiger partial charge in [-0.25, -0.2) is 0 Å². The number of aryl methyl sites for hydroxylation is 1. The quantitative estimate of drug-likeness (QED) is 0.826. The summed E-state index contributed by atoms with van der Waals surface area (Å²) in [7, 11) is 3.74. The lowest BCUT2D eigenvalue weighted by Crippen LogP contribution is -2.06. The van der Waals surface area contributed by atoms with Crippen molar-refractivity contribution in [3.05, 3.63) is 30.0 Å². The minimum Gasteiger partial charge on any atom is -0.496 e. The maximum atomic E-state index is 5.63. The molecule has 3 nitrogen and oxygen atoms in total. The molecule has 0 bridgehead atoms. The molecule has 0 saturated carbocycles. The van der Waals surface area contributed by atoms with E-state index in [0.717, 1.165) is 12.2 Å². The molecule has 1 heterocycles. The van der Waals surface area contributed by atoms with Gasteiger partial charge >= 0.3 is 0 Å². The van der Waals surface area contributed by atoms with E-state index in [1.54, 1.807) is 7.11 Å². The molecule has 0 radical (unpaired) electrons. The van der Waals surface area contributed by atoms with Crippen LogP contribution < -0.4 is 10.5 Å². The third-order valence-electron chi connectivity index (χ3n) is 2.72. The maximum Gasteiger partial charge on any atom is 0.124 e. The SMILES string of the molecule is COc1ccc2ccn(C)c2c1CCN. The Labute approximate surface area is 89.4 Å². The Morgan fingerprint density at radius 3 is 2.80 bits per heavy atom. The fraction of sp³-hybridized carbons (Fsp3) is 0.333. The summed E-state index contributed by atoms with van der Waals surface area (Å²) in [5.41, 5.74) is 8.05. The largest absolute Gasteiger partial charge is 0.496 e. The highest BCUT2D eigenvalue weighted by Crippen LogP contribution is 2.28. The second-order valence-electron chi connectivity index (χ2n) is 3.65. The second kappa shape index (κ2) is 3.95. The molecule has 0 aliphatic rings. The Morgan fingerprint density at radius 1 is 1.33 bits per heavy atom. The molecule has 80 valence electrons. The van der Waals surface area contributed by atoms with Crippen molar-refractivity contribution >= 4 is 10.9 Å². The molecule has 0 unspecified atom stereocenters. The molecule has 0 spiro atoms. The molecule has 0 atom stereocenters. The van der Waals surface area contributed by atoms with Gasteiger partial charge in [-0.2, -0.15) is 0 Å². The van der Waals surface area contributed by atoms with Crippen molar-refractivity contribution < 1.29 is 4.74 Å². The highest BCUT2D eigenvalue weighted by Gasteiger charge is 2.09. The van der Waals surface area contributed by atoms with Crippen LogP contribution >= 0.6 is 0 Å². The Kier molecular flexibility index (Phi) is 2.64. The number of aromatic nitrogens is 1. The van der Waals surface area contributed by atoms with Crippen LogP contribution in [0.1, 0.15) is 5.56 Å². The Balaban J connectivity index is 2.71. The van der Waals surface area contributed by atoms with E-state index in [4.69, 9.17) is 10.5 Å². The van der Waals surface area contributed by atoms with E-state index in [1.165, 1.54) is 16.5 Å². The lowest BCUT2D eigenvalue weighted by atomic mass is 10.1. The van der Waals surface area contributed by atoms with Crippen LogP contribution in [0.15, 0.2) is 24.4 Å². The fourth-order valence-electron chi connectivity index (χ4n) is 2.03. The minimum absolute atomic E-state index is 0.640. The monoisotopic (exact) mass is 204 g/mol. The Bertz CT molecular complexity index is 474. The average Bonchev–Trinajstić information content (AvgIpc) is 2.62. The van der Waals surface area contributed by atoms with Gasteiger partial charge in [0.05, 0.1) is 12.6 Å². The van der Waals surface area contributed by atoms with Crippen LogP contribution in [0.4, 0.5) is 0 Å². The van der Waals surface area contributed by atoms with E-state index in [0.29, 0.717) is 6.54 Å². The molecule has 0 amide bonds. The summed E-state index contributed by atoms with van der Waals surface area (Å²) in [5.74, 6) is 0.926. The molecule has 15 heavy (non-hydrogen) atoms. The van der Waals surface area contributed by atoms with Crippen molar-refractivity contribution in [2.75, 3.05) is 13.7 Å². The lowest BCUT2D eigenvalue weighted by molar-refractivity contribution is 0.410. The summed E-state index contributed by atoms with van der Waals surface area (Å²) in [6, 6.07) is 6.19. The topological polar surface area (TPSA) is 40.2 Å². The molecule has 0 aliphatic heterocycles. The van der Waals surface area contributed by atoms with Gasteiger partial charge in [-0.05, 0) is 31.2 Å². The van der Waals surface area contributed by atoms with Gasteiger partial charge in [0.15, 0.2) is 0 Å². The van der Waals surface area contributed by atoms with Crippen molar-refractivity contribution in [2.24, 2.45) is 12.8 Å². The molecule has 0 saturated heterocycles. The normalized spacial score (nSPS) is 10.9. The predicted octanol–water partition coefficient (Wildman–Crippen LogP) is 1.69. The van der Waals surface area contributed by atoms with Crippen molar-refractivity contribution in [2.45, 2.75) is 6.42 Å². The predicted molar refractivity (Wildman–Crippen MR) is 62.2 cm³/mol. The van der Waals surface area contributed by atoms with E-state index in [-0.39, 0.29) is 0 Å². The van der Waals surface area contributed by atoms with Crippen LogP contribution in [0.25, 0.3) is 10.9 Å². The highest BCUT2D eigenvalue weighted by atomic mass is 16.5. The highest BCUT2D eigenvalue weighted by molar-refractivity contribution is 5.85. The van der Waals surface area contributed by atoms with E-state index in [2.05, 4.69) is 22.9 Å². The van der Waals surface area contributed by atoms with Gasteiger partial charge < -0.3 is 15.0 Å². The van der Waals surface area contributed by atoms with E-state index < -0.39 is 0 Å². The van der Waals surface area contributed by atoms with Crippen molar-refractivity contribution in [1.29, 1.82) is 0 Å². The van der Waals surface area contributed by atoms with Crippen LogP contribution in [0.2, 0.25) is 0 Å². The second-order valence-corrected chi connectivity index (χ2v) is 3.65. The maximum absolute atomic E-state index is 5.63. The van der Waals surface area contributed by atoms with Gasteiger partial charge in [-0.1, -0.05) is 0 Å². The number of nitrogens with two attached hydrogens (primary N) is 1. The standard InChI is InChI=1S/C12H16N2O/c1-14-8-6-9-3-4-11(15-2)10(5-7-13)12(9)14/h3-4,6,8H,5,7,13H2,1-2H3. The molecule has 1 aromatic heterocycles. The van der Waals surface area contributed by atoms with Crippen LogP contribution in [0.3, 0.4) is 0 Å². The van der Waals surface area contributed by atoms with Crippen LogP contribution in [0.5, 0.6) is 5.75 Å². The van der Waals surface area contributed by atoms with Gasteiger partial charge in [-0.3, -0.25) is 0 Å².